The molecule has 4 nitrogen and oxygen atoms in total. The molecule has 102 valence electrons. The van der Waals surface area contributed by atoms with Crippen LogP contribution in [-0.2, 0) is 5.75 Å². The highest BCUT2D eigenvalue weighted by Gasteiger charge is 2.08. The lowest BCUT2D eigenvalue weighted by Crippen LogP contribution is -1.77. The molecule has 3 rings (SSSR count). The summed E-state index contributed by atoms with van der Waals surface area (Å²) < 4.78 is 6.44. The van der Waals surface area contributed by atoms with E-state index in [1.807, 2.05) is 18.2 Å². The number of thioether (sulfide) groups is 1. The fourth-order valence-corrected chi connectivity index (χ4v) is 3.36. The molecule has 0 aliphatic rings. The third-order valence-corrected chi connectivity index (χ3v) is 4.81. The van der Waals surface area contributed by atoms with Crippen molar-refractivity contribution in [1.29, 1.82) is 0 Å². The summed E-state index contributed by atoms with van der Waals surface area (Å²) in [7, 11) is 0. The van der Waals surface area contributed by atoms with Crippen molar-refractivity contribution in [2.45, 2.75) is 16.9 Å². The number of hydrogen-bond acceptors (Lipinski definition) is 6. The van der Waals surface area contributed by atoms with E-state index in [0.717, 1.165) is 27.0 Å². The van der Waals surface area contributed by atoms with Crippen molar-refractivity contribution < 1.29 is 4.52 Å². The zero-order valence-corrected chi connectivity index (χ0v) is 12.5. The van der Waals surface area contributed by atoms with Gasteiger partial charge in [-0.2, -0.15) is 0 Å². The van der Waals surface area contributed by atoms with Gasteiger partial charge in [0.25, 0.3) is 0 Å². The number of rotatable bonds is 4. The molecule has 0 atom stereocenters. The smallest absolute Gasteiger partial charge is 0.181 e. The van der Waals surface area contributed by atoms with E-state index in [4.69, 9.17) is 10.3 Å². The predicted molar refractivity (Wildman–Crippen MR) is 82.8 cm³/mol. The number of benzene rings is 1. The van der Waals surface area contributed by atoms with Crippen LogP contribution in [-0.4, -0.2) is 10.1 Å². The normalized spacial score (nSPS) is 10.8. The van der Waals surface area contributed by atoms with Crippen molar-refractivity contribution in [1.82, 2.24) is 10.1 Å². The van der Waals surface area contributed by atoms with Gasteiger partial charge in [-0.05, 0) is 6.92 Å². The Morgan fingerprint density at radius 1 is 1.30 bits per heavy atom. The van der Waals surface area contributed by atoms with Crippen molar-refractivity contribution in [2.75, 3.05) is 5.73 Å². The Balaban J connectivity index is 1.69. The van der Waals surface area contributed by atoms with Crippen LogP contribution in [0.3, 0.4) is 0 Å². The molecule has 0 bridgehead atoms. The van der Waals surface area contributed by atoms with E-state index in [1.54, 1.807) is 18.0 Å². The van der Waals surface area contributed by atoms with Crippen molar-refractivity contribution in [3.05, 3.63) is 47.9 Å². The minimum Gasteiger partial charge on any atom is -0.375 e. The number of aromatic nitrogens is 2. The summed E-state index contributed by atoms with van der Waals surface area (Å²) >= 11 is 3.13. The lowest BCUT2D eigenvalue weighted by atomic mass is 10.1. The molecule has 2 aromatic heterocycles. The van der Waals surface area contributed by atoms with E-state index in [1.165, 1.54) is 16.9 Å². The summed E-state index contributed by atoms with van der Waals surface area (Å²) in [5.41, 5.74) is 8.76. The number of nitrogens with zero attached hydrogens (tertiary/aromatic N) is 2. The highest BCUT2D eigenvalue weighted by molar-refractivity contribution is 8.00. The number of thiazole rings is 1. The molecule has 0 amide bonds. The molecule has 3 aromatic rings. The van der Waals surface area contributed by atoms with Gasteiger partial charge < -0.3 is 10.3 Å². The maximum Gasteiger partial charge on any atom is 0.181 e. The third-order valence-electron chi connectivity index (χ3n) is 2.77. The number of nitrogen functional groups attached to an aromatic ring is 1. The van der Waals surface area contributed by atoms with E-state index in [9.17, 15) is 0 Å². The van der Waals surface area contributed by atoms with Crippen LogP contribution in [0.4, 0.5) is 5.13 Å². The summed E-state index contributed by atoms with van der Waals surface area (Å²) in [6, 6.07) is 10.2. The van der Waals surface area contributed by atoms with Crippen LogP contribution in [0, 0.1) is 6.92 Å². The average Bonchev–Trinajstić information content (AvgIpc) is 3.06. The first-order valence-electron chi connectivity index (χ1n) is 6.07. The van der Waals surface area contributed by atoms with Gasteiger partial charge in [-0.25, -0.2) is 4.98 Å². The largest absolute Gasteiger partial charge is 0.375 e. The molecule has 0 aliphatic heterocycles. The molecule has 1 aromatic carbocycles. The van der Waals surface area contributed by atoms with E-state index in [-0.39, 0.29) is 0 Å². The van der Waals surface area contributed by atoms with Gasteiger partial charge >= 0.3 is 0 Å². The fourth-order valence-electron chi connectivity index (χ4n) is 1.72. The van der Waals surface area contributed by atoms with Gasteiger partial charge in [0.05, 0.1) is 16.2 Å². The second-order valence-electron chi connectivity index (χ2n) is 4.35. The molecule has 0 spiro atoms. The van der Waals surface area contributed by atoms with Gasteiger partial charge in [0.2, 0.25) is 0 Å². The van der Waals surface area contributed by atoms with Gasteiger partial charge in [-0.1, -0.05) is 46.3 Å². The molecule has 0 unspecified atom stereocenters. The molecule has 2 N–H and O–H groups in total. The first-order chi connectivity index (χ1) is 9.70. The van der Waals surface area contributed by atoms with E-state index in [2.05, 4.69) is 29.2 Å². The number of anilines is 1. The monoisotopic (exact) mass is 303 g/mol. The highest BCUT2D eigenvalue weighted by atomic mass is 32.2. The van der Waals surface area contributed by atoms with Crippen LogP contribution < -0.4 is 5.73 Å². The predicted octanol–water partition coefficient (Wildman–Crippen LogP) is 3.98. The van der Waals surface area contributed by atoms with Gasteiger partial charge in [-0.3, -0.25) is 0 Å². The average molecular weight is 303 g/mol. The molecule has 0 aliphatic carbocycles. The van der Waals surface area contributed by atoms with Crippen LogP contribution in [0.25, 0.3) is 11.3 Å². The molecule has 6 heteroatoms. The summed E-state index contributed by atoms with van der Waals surface area (Å²) in [5.74, 6) is 1.57. The first kappa shape index (κ1) is 13.2. The van der Waals surface area contributed by atoms with Crippen LogP contribution in [0.15, 0.2) is 45.3 Å². The molecule has 0 radical (unpaired) electrons. The van der Waals surface area contributed by atoms with Crippen LogP contribution >= 0.6 is 23.1 Å². The lowest BCUT2D eigenvalue weighted by molar-refractivity contribution is 0.397. The minimum atomic E-state index is 0.588. The van der Waals surface area contributed by atoms with Gasteiger partial charge in [0, 0.05) is 11.6 Å². The Hall–Kier alpha value is -1.79. The summed E-state index contributed by atoms with van der Waals surface area (Å²) in [6.45, 7) is 2.06. The Bertz CT molecular complexity index is 703. The summed E-state index contributed by atoms with van der Waals surface area (Å²) in [6.07, 6.45) is 1.78. The topological polar surface area (TPSA) is 64.9 Å². The van der Waals surface area contributed by atoms with Crippen LogP contribution in [0.2, 0.25) is 0 Å². The molecule has 20 heavy (non-hydrogen) atoms. The minimum absolute atomic E-state index is 0.588. The Kier molecular flexibility index (Phi) is 3.75. The second kappa shape index (κ2) is 5.68. The molecule has 0 fully saturated rings. The number of nitrogens with two attached hydrogens (primary N) is 1. The highest BCUT2D eigenvalue weighted by Crippen LogP contribution is 2.30. The third kappa shape index (κ3) is 3.02. The molecular formula is C14H13N3OS2. The van der Waals surface area contributed by atoms with E-state index < -0.39 is 0 Å². The first-order valence-corrected chi connectivity index (χ1v) is 7.87. The van der Waals surface area contributed by atoms with Gasteiger partial charge in [0.1, 0.15) is 11.5 Å². The summed E-state index contributed by atoms with van der Waals surface area (Å²) in [5, 5.41) is 4.70. The number of aryl methyl sites for hydroxylation is 1. The Labute approximate surface area is 125 Å². The molecule has 0 saturated heterocycles. The zero-order valence-electron chi connectivity index (χ0n) is 10.9. The number of hydrogen-bond donors (Lipinski definition) is 1. The van der Waals surface area contributed by atoms with E-state index >= 15 is 0 Å². The van der Waals surface area contributed by atoms with Crippen LogP contribution in [0.1, 0.15) is 11.3 Å². The molecule has 0 saturated carbocycles. The fraction of sp³-hybridized carbons (Fsp3) is 0.143. The van der Waals surface area contributed by atoms with Crippen LogP contribution in [0.5, 0.6) is 0 Å². The quantitative estimate of drug-likeness (QED) is 0.738. The van der Waals surface area contributed by atoms with Crippen molar-refractivity contribution in [2.24, 2.45) is 0 Å². The van der Waals surface area contributed by atoms with E-state index in [0.29, 0.717) is 5.13 Å². The molecular weight excluding hydrogens is 290 g/mol. The zero-order chi connectivity index (χ0) is 13.9. The standard InChI is InChI=1S/C14H13N3OS2/c1-9-2-4-10(5-3-9)12-6-11(18-17-12)8-19-13-7-16-14(15)20-13/h2-7H,8H2,1H3,(H2,15,16). The lowest BCUT2D eigenvalue weighted by Gasteiger charge is -1.95. The van der Waals surface area contributed by atoms with Crippen molar-refractivity contribution >= 4 is 28.2 Å². The Morgan fingerprint density at radius 3 is 2.80 bits per heavy atom. The SMILES string of the molecule is Cc1ccc(-c2cc(CSc3cnc(N)s3)on2)cc1. The molecule has 2 heterocycles. The second-order valence-corrected chi connectivity index (χ2v) is 6.69. The summed E-state index contributed by atoms with van der Waals surface area (Å²) in [4.78, 5) is 4.02. The maximum atomic E-state index is 5.60. The van der Waals surface area contributed by atoms with Crippen molar-refractivity contribution in [3.8, 4) is 11.3 Å². The van der Waals surface area contributed by atoms with Gasteiger partial charge in [0.15, 0.2) is 5.13 Å². The van der Waals surface area contributed by atoms with Gasteiger partial charge in [-0.15, -0.1) is 11.8 Å². The van der Waals surface area contributed by atoms with Crippen molar-refractivity contribution in [3.63, 3.8) is 0 Å². The maximum absolute atomic E-state index is 5.60. The Morgan fingerprint density at radius 2 is 2.10 bits per heavy atom.